The topological polar surface area (TPSA) is 99.8 Å². The summed E-state index contributed by atoms with van der Waals surface area (Å²) in [7, 11) is 0. The van der Waals surface area contributed by atoms with E-state index < -0.39 is 6.04 Å². The molecule has 0 saturated carbocycles. The number of carbonyl (C=O) groups excluding carboxylic acids is 2. The second kappa shape index (κ2) is 15.3. The number of carbonyl (C=O) groups is 2. The van der Waals surface area contributed by atoms with Gasteiger partial charge in [0.05, 0.1) is 12.1 Å². The predicted octanol–water partition coefficient (Wildman–Crippen LogP) is 6.85. The van der Waals surface area contributed by atoms with E-state index in [0.717, 1.165) is 108 Å². The number of hydrogen-bond acceptors (Lipinski definition) is 9. The molecule has 10 nitrogen and oxygen atoms in total. The number of nitrogens with zero attached hydrogens (tertiary/aromatic N) is 8. The zero-order valence-electron chi connectivity index (χ0n) is 31.4. The molecule has 0 N–H and O–H groups in total. The number of benzene rings is 2. The van der Waals surface area contributed by atoms with Crippen molar-refractivity contribution in [2.24, 2.45) is 4.99 Å². The summed E-state index contributed by atoms with van der Waals surface area (Å²) >= 11 is 8.00. The standard InChI is InChI=1S/C42H43ClN8O2S.H2S/c1-25-26(2)54-42-39(25)40(28-6-9-33(43)10-7-28)45-36(41-47-46-27(3)51(41)42)23-38(53)50-14-12-34(13-15-50)48-16-18-49(19-17-48)37-11-8-31(24-44-37)29-4-5-30-21-35(52)22-32(30)20-29;/h4-11,20,24,34,36H,12-19,21-23H2,1-3H3;1H2/t36-;/m0./s1. The smallest absolute Gasteiger partial charge is 0.225 e. The van der Waals surface area contributed by atoms with Crippen molar-refractivity contribution in [1.29, 1.82) is 0 Å². The number of Topliss-reactive ketones (excluding diaryl/α,β-unsaturated/α-hetero) is 1. The van der Waals surface area contributed by atoms with Crippen molar-refractivity contribution in [1.82, 2.24) is 29.5 Å². The number of thiophene rings is 1. The van der Waals surface area contributed by atoms with Crippen LogP contribution in [-0.2, 0) is 22.4 Å². The number of ketones is 1. The molecule has 3 aliphatic heterocycles. The molecule has 2 saturated heterocycles. The summed E-state index contributed by atoms with van der Waals surface area (Å²) < 4.78 is 2.11. The van der Waals surface area contributed by atoms with Gasteiger partial charge < -0.3 is 9.80 Å². The number of hydrogen-bond donors (Lipinski definition) is 0. The van der Waals surface area contributed by atoms with Crippen molar-refractivity contribution in [3.8, 4) is 16.1 Å². The van der Waals surface area contributed by atoms with Crippen LogP contribution in [0.4, 0.5) is 5.82 Å². The zero-order chi connectivity index (χ0) is 37.1. The number of halogens is 1. The number of pyridine rings is 1. The average Bonchev–Trinajstić information content (AvgIpc) is 3.83. The number of piperazine rings is 1. The highest BCUT2D eigenvalue weighted by molar-refractivity contribution is 7.59. The van der Waals surface area contributed by atoms with Crippen molar-refractivity contribution in [3.63, 3.8) is 0 Å². The monoisotopic (exact) mass is 792 g/mol. The third-order valence-corrected chi connectivity index (χ3v) is 13.2. The molecule has 284 valence electrons. The van der Waals surface area contributed by atoms with Crippen LogP contribution in [0.1, 0.15) is 69.6 Å². The van der Waals surface area contributed by atoms with Crippen molar-refractivity contribution in [2.45, 2.75) is 65.0 Å². The van der Waals surface area contributed by atoms with Crippen LogP contribution in [0, 0.1) is 20.8 Å². The van der Waals surface area contributed by atoms with Gasteiger partial charge in [-0.05, 0) is 80.1 Å². The first-order chi connectivity index (χ1) is 26.2. The van der Waals surface area contributed by atoms with Crippen molar-refractivity contribution in [2.75, 3.05) is 44.2 Å². The van der Waals surface area contributed by atoms with Gasteiger partial charge in [0.25, 0.3) is 0 Å². The summed E-state index contributed by atoms with van der Waals surface area (Å²) in [5.41, 5.74) is 8.58. The number of aliphatic imine (C=N–C) groups is 1. The van der Waals surface area contributed by atoms with E-state index in [0.29, 0.717) is 35.5 Å². The molecule has 1 amide bonds. The van der Waals surface area contributed by atoms with E-state index in [2.05, 4.69) is 68.7 Å². The van der Waals surface area contributed by atoms with E-state index in [-0.39, 0.29) is 25.8 Å². The second-order valence-corrected chi connectivity index (χ2v) is 16.7. The molecule has 13 heteroatoms. The first-order valence-corrected chi connectivity index (χ1v) is 20.1. The highest BCUT2D eigenvalue weighted by Gasteiger charge is 2.35. The lowest BCUT2D eigenvalue weighted by Crippen LogP contribution is -2.54. The molecule has 0 spiro atoms. The number of amides is 1. The Morgan fingerprint density at radius 3 is 2.29 bits per heavy atom. The molecule has 5 aromatic rings. The fourth-order valence-electron chi connectivity index (χ4n) is 8.60. The summed E-state index contributed by atoms with van der Waals surface area (Å²) in [6, 6.07) is 18.4. The van der Waals surface area contributed by atoms with Crippen LogP contribution in [0.15, 0.2) is 65.8 Å². The third kappa shape index (κ3) is 7.14. The fourth-order valence-corrected chi connectivity index (χ4v) is 9.94. The maximum Gasteiger partial charge on any atom is 0.225 e. The SMILES string of the molecule is Cc1sc2c(c1C)C(c1ccc(Cl)cc1)=N[C@@H](CC(=O)N1CCC(N3CCN(c4ccc(-c5ccc6c(c5)CC(=O)C6)cn4)CC3)CC1)c1nnc(C)n1-2.S. The molecule has 4 aliphatic rings. The Labute approximate surface area is 337 Å². The first-order valence-electron chi connectivity index (χ1n) is 18.9. The Kier molecular flexibility index (Phi) is 10.4. The minimum Gasteiger partial charge on any atom is -0.354 e. The molecule has 55 heavy (non-hydrogen) atoms. The third-order valence-electron chi connectivity index (χ3n) is 11.8. The van der Waals surface area contributed by atoms with E-state index in [1.54, 1.807) is 11.3 Å². The Hall–Kier alpha value is -4.36. The normalized spacial score (nSPS) is 18.7. The molecule has 2 fully saturated rings. The minimum atomic E-state index is -0.462. The van der Waals surface area contributed by atoms with Gasteiger partial charge in [-0.1, -0.05) is 41.9 Å². The van der Waals surface area contributed by atoms with Crippen LogP contribution in [0.5, 0.6) is 0 Å². The lowest BCUT2D eigenvalue weighted by molar-refractivity contribution is -0.133. The maximum atomic E-state index is 14.0. The molecule has 0 unspecified atom stereocenters. The van der Waals surface area contributed by atoms with Crippen LogP contribution < -0.4 is 4.90 Å². The van der Waals surface area contributed by atoms with Gasteiger partial charge >= 0.3 is 0 Å². The summed E-state index contributed by atoms with van der Waals surface area (Å²) in [4.78, 5) is 44.3. The van der Waals surface area contributed by atoms with Gasteiger partial charge in [-0.25, -0.2) is 4.98 Å². The summed E-state index contributed by atoms with van der Waals surface area (Å²) in [5.74, 6) is 2.91. The van der Waals surface area contributed by atoms with Crippen LogP contribution in [0.3, 0.4) is 0 Å². The zero-order valence-corrected chi connectivity index (χ0v) is 34.0. The van der Waals surface area contributed by atoms with Gasteiger partial charge in [-0.3, -0.25) is 24.0 Å². The van der Waals surface area contributed by atoms with Crippen molar-refractivity contribution < 1.29 is 9.59 Å². The quantitative estimate of drug-likeness (QED) is 0.186. The lowest BCUT2D eigenvalue weighted by atomic mass is 9.99. The van der Waals surface area contributed by atoms with Crippen LogP contribution in [0.2, 0.25) is 5.02 Å². The van der Waals surface area contributed by atoms with E-state index in [9.17, 15) is 9.59 Å². The molecule has 1 atom stereocenters. The first kappa shape index (κ1) is 37.6. The van der Waals surface area contributed by atoms with Crippen LogP contribution in [-0.4, -0.2) is 92.3 Å². The lowest BCUT2D eigenvalue weighted by Gasteiger charge is -2.43. The predicted molar refractivity (Wildman–Crippen MR) is 224 cm³/mol. The summed E-state index contributed by atoms with van der Waals surface area (Å²) in [6.45, 7) is 11.5. The van der Waals surface area contributed by atoms with Crippen molar-refractivity contribution >= 4 is 59.7 Å². The molecule has 2 aromatic carbocycles. The number of aryl methyl sites for hydroxylation is 2. The van der Waals surface area contributed by atoms with Gasteiger partial charge in [0.15, 0.2) is 5.82 Å². The second-order valence-electron chi connectivity index (χ2n) is 15.0. The van der Waals surface area contributed by atoms with E-state index in [4.69, 9.17) is 21.6 Å². The number of rotatable bonds is 6. The Balaban J connectivity index is 0.00000427. The van der Waals surface area contributed by atoms with Gasteiger partial charge in [0, 0.05) is 90.9 Å². The van der Waals surface area contributed by atoms with Crippen LogP contribution in [0.25, 0.3) is 16.1 Å². The highest BCUT2D eigenvalue weighted by Crippen LogP contribution is 2.40. The number of fused-ring (bicyclic) bond motifs is 4. The maximum absolute atomic E-state index is 14.0. The molecule has 1 aliphatic carbocycles. The van der Waals surface area contributed by atoms with Crippen LogP contribution >= 0.6 is 36.4 Å². The molecular formula is C42H45ClN8O2S2. The summed E-state index contributed by atoms with van der Waals surface area (Å²) in [5, 5.41) is 10.8. The van der Waals surface area contributed by atoms with Gasteiger partial charge in [0.1, 0.15) is 28.5 Å². The minimum absolute atomic E-state index is 0. The van der Waals surface area contributed by atoms with Gasteiger partial charge in [0.2, 0.25) is 5.91 Å². The average molecular weight is 793 g/mol. The number of anilines is 1. The Morgan fingerprint density at radius 1 is 0.855 bits per heavy atom. The number of aromatic nitrogens is 4. The van der Waals surface area contributed by atoms with E-state index >= 15 is 0 Å². The van der Waals surface area contributed by atoms with Gasteiger partial charge in [-0.15, -0.1) is 21.5 Å². The van der Waals surface area contributed by atoms with Crippen molar-refractivity contribution in [3.05, 3.63) is 110 Å². The summed E-state index contributed by atoms with van der Waals surface area (Å²) in [6.07, 6.45) is 5.21. The Morgan fingerprint density at radius 2 is 1.56 bits per heavy atom. The highest BCUT2D eigenvalue weighted by atomic mass is 35.5. The molecule has 3 aromatic heterocycles. The van der Waals surface area contributed by atoms with E-state index in [1.165, 1.54) is 10.4 Å². The molecule has 9 rings (SSSR count). The van der Waals surface area contributed by atoms with Gasteiger partial charge in [-0.2, -0.15) is 13.5 Å². The Bertz CT molecular complexity index is 2280. The molecular weight excluding hydrogens is 748 g/mol. The number of likely N-dealkylation sites (tertiary alicyclic amines) is 1. The molecule has 6 heterocycles. The largest absolute Gasteiger partial charge is 0.354 e. The number of piperidine rings is 1. The van der Waals surface area contributed by atoms with E-state index in [1.807, 2.05) is 42.3 Å². The fraction of sp³-hybridized carbons (Fsp3) is 0.381. The molecule has 0 bridgehead atoms. The molecule has 0 radical (unpaired) electrons.